The number of halogens is 1. The van der Waals surface area contributed by atoms with Crippen molar-refractivity contribution in [3.63, 3.8) is 0 Å². The molecule has 1 aromatic heterocycles. The molecule has 1 aliphatic heterocycles. The van der Waals surface area contributed by atoms with Crippen LogP contribution in [-0.4, -0.2) is 47.5 Å². The van der Waals surface area contributed by atoms with Crippen LogP contribution in [0, 0.1) is 0 Å². The van der Waals surface area contributed by atoms with Gasteiger partial charge in [-0.25, -0.2) is 9.97 Å². The van der Waals surface area contributed by atoms with Crippen molar-refractivity contribution in [3.8, 4) is 0 Å². The van der Waals surface area contributed by atoms with Crippen molar-refractivity contribution in [1.82, 2.24) is 14.9 Å². The van der Waals surface area contributed by atoms with Gasteiger partial charge in [0.15, 0.2) is 0 Å². The van der Waals surface area contributed by atoms with Gasteiger partial charge in [-0.1, -0.05) is 13.8 Å². The predicted molar refractivity (Wildman–Crippen MR) is 82.9 cm³/mol. The summed E-state index contributed by atoms with van der Waals surface area (Å²) in [5.74, 6) is 2.00. The largest absolute Gasteiger partial charge is 0.350 e. The molecule has 1 saturated heterocycles. The average molecular weight is 341 g/mol. The van der Waals surface area contributed by atoms with Gasteiger partial charge in [0.05, 0.1) is 6.54 Å². The summed E-state index contributed by atoms with van der Waals surface area (Å²) in [6, 6.07) is 1.85. The van der Waals surface area contributed by atoms with Crippen molar-refractivity contribution in [2.75, 3.05) is 31.6 Å². The van der Waals surface area contributed by atoms with Crippen molar-refractivity contribution >= 4 is 27.7 Å². The van der Waals surface area contributed by atoms with Gasteiger partial charge in [-0.2, -0.15) is 0 Å². The van der Waals surface area contributed by atoms with E-state index in [0.29, 0.717) is 6.54 Å². The fourth-order valence-corrected chi connectivity index (χ4v) is 2.61. The van der Waals surface area contributed by atoms with Crippen LogP contribution in [0.3, 0.4) is 0 Å². The first-order valence-corrected chi connectivity index (χ1v) is 7.80. The standard InChI is InChI=1S/C14H21BrN4O/c1-10(2)14-16-11(15)8-12(17-14)18(3)9-13(20)19-6-4-5-7-19/h8,10H,4-7,9H2,1-3H3. The monoisotopic (exact) mass is 340 g/mol. The molecule has 20 heavy (non-hydrogen) atoms. The summed E-state index contributed by atoms with van der Waals surface area (Å²) in [6.45, 7) is 6.25. The topological polar surface area (TPSA) is 49.3 Å². The number of likely N-dealkylation sites (N-methyl/N-ethyl adjacent to an activating group) is 1. The molecule has 2 rings (SSSR count). The number of hydrogen-bond donors (Lipinski definition) is 0. The molecule has 1 fully saturated rings. The molecule has 1 amide bonds. The van der Waals surface area contributed by atoms with Crippen LogP contribution in [0.2, 0.25) is 0 Å². The lowest BCUT2D eigenvalue weighted by Gasteiger charge is -2.22. The number of carbonyl (C=O) groups is 1. The Morgan fingerprint density at radius 1 is 1.40 bits per heavy atom. The van der Waals surface area contributed by atoms with E-state index < -0.39 is 0 Å². The van der Waals surface area contributed by atoms with E-state index in [1.807, 2.05) is 22.9 Å². The van der Waals surface area contributed by atoms with Crippen LogP contribution < -0.4 is 4.90 Å². The molecule has 2 heterocycles. The molecular weight excluding hydrogens is 320 g/mol. The van der Waals surface area contributed by atoms with E-state index in [9.17, 15) is 4.79 Å². The fourth-order valence-electron chi connectivity index (χ4n) is 2.23. The predicted octanol–water partition coefficient (Wildman–Crippen LogP) is 2.42. The third kappa shape index (κ3) is 3.69. The van der Waals surface area contributed by atoms with Crippen molar-refractivity contribution in [2.45, 2.75) is 32.6 Å². The molecule has 0 unspecified atom stereocenters. The number of anilines is 1. The molecule has 0 aliphatic carbocycles. The van der Waals surface area contributed by atoms with Crippen LogP contribution >= 0.6 is 15.9 Å². The Bertz CT molecular complexity index is 486. The summed E-state index contributed by atoms with van der Waals surface area (Å²) in [5, 5.41) is 0. The Morgan fingerprint density at radius 2 is 2.05 bits per heavy atom. The second-order valence-electron chi connectivity index (χ2n) is 5.51. The highest BCUT2D eigenvalue weighted by Crippen LogP contribution is 2.20. The molecule has 0 N–H and O–H groups in total. The zero-order valence-corrected chi connectivity index (χ0v) is 13.9. The molecule has 0 bridgehead atoms. The minimum absolute atomic E-state index is 0.172. The molecule has 0 spiro atoms. The molecular formula is C14H21BrN4O. The van der Waals surface area contributed by atoms with Crippen LogP contribution in [0.15, 0.2) is 10.7 Å². The summed E-state index contributed by atoms with van der Waals surface area (Å²) >= 11 is 3.41. The molecule has 0 atom stereocenters. The summed E-state index contributed by atoms with van der Waals surface area (Å²) in [6.07, 6.45) is 2.23. The number of amides is 1. The maximum absolute atomic E-state index is 12.2. The molecule has 110 valence electrons. The molecule has 0 aromatic carbocycles. The van der Waals surface area contributed by atoms with Gasteiger partial charge in [-0.3, -0.25) is 4.79 Å². The van der Waals surface area contributed by atoms with Gasteiger partial charge in [-0.05, 0) is 28.8 Å². The smallest absolute Gasteiger partial charge is 0.242 e. The highest BCUT2D eigenvalue weighted by atomic mass is 79.9. The third-order valence-corrected chi connectivity index (χ3v) is 3.84. The average Bonchev–Trinajstić information content (AvgIpc) is 2.91. The Kier molecular flexibility index (Phi) is 4.96. The van der Waals surface area contributed by atoms with Gasteiger partial charge in [0.1, 0.15) is 16.2 Å². The van der Waals surface area contributed by atoms with Gasteiger partial charge in [-0.15, -0.1) is 0 Å². The Hall–Kier alpha value is -1.17. The number of carbonyl (C=O) groups excluding carboxylic acids is 1. The van der Waals surface area contributed by atoms with Crippen molar-refractivity contribution in [1.29, 1.82) is 0 Å². The number of aromatic nitrogens is 2. The van der Waals surface area contributed by atoms with E-state index in [2.05, 4.69) is 39.7 Å². The van der Waals surface area contributed by atoms with Gasteiger partial charge in [0, 0.05) is 32.1 Å². The highest BCUT2D eigenvalue weighted by Gasteiger charge is 2.20. The lowest BCUT2D eigenvalue weighted by atomic mass is 10.2. The maximum Gasteiger partial charge on any atom is 0.242 e. The zero-order valence-electron chi connectivity index (χ0n) is 12.3. The van der Waals surface area contributed by atoms with Gasteiger partial charge in [0.2, 0.25) is 5.91 Å². The molecule has 0 radical (unpaired) electrons. The highest BCUT2D eigenvalue weighted by molar-refractivity contribution is 9.10. The zero-order chi connectivity index (χ0) is 14.7. The molecule has 1 aliphatic rings. The SMILES string of the molecule is CC(C)c1nc(Br)cc(N(C)CC(=O)N2CCCC2)n1. The first kappa shape index (κ1) is 15.2. The van der Waals surface area contributed by atoms with Crippen LogP contribution in [0.1, 0.15) is 38.4 Å². The van der Waals surface area contributed by atoms with Gasteiger partial charge >= 0.3 is 0 Å². The lowest BCUT2D eigenvalue weighted by molar-refractivity contribution is -0.128. The van der Waals surface area contributed by atoms with E-state index in [0.717, 1.165) is 42.2 Å². The van der Waals surface area contributed by atoms with Crippen LogP contribution in [0.25, 0.3) is 0 Å². The Balaban J connectivity index is 2.08. The molecule has 5 nitrogen and oxygen atoms in total. The first-order valence-electron chi connectivity index (χ1n) is 7.00. The van der Waals surface area contributed by atoms with E-state index in [1.165, 1.54) is 0 Å². The van der Waals surface area contributed by atoms with Crippen LogP contribution in [0.5, 0.6) is 0 Å². The van der Waals surface area contributed by atoms with Crippen molar-refractivity contribution in [2.24, 2.45) is 0 Å². The quantitative estimate of drug-likeness (QED) is 0.790. The lowest BCUT2D eigenvalue weighted by Crippen LogP contribution is -2.37. The minimum atomic E-state index is 0.172. The first-order chi connectivity index (χ1) is 9.47. The van der Waals surface area contributed by atoms with E-state index in [1.54, 1.807) is 0 Å². The summed E-state index contributed by atoms with van der Waals surface area (Å²) in [4.78, 5) is 24.9. The number of rotatable bonds is 4. The number of hydrogen-bond acceptors (Lipinski definition) is 4. The maximum atomic E-state index is 12.2. The molecule has 6 heteroatoms. The summed E-state index contributed by atoms with van der Waals surface area (Å²) in [5.41, 5.74) is 0. The number of nitrogens with zero attached hydrogens (tertiary/aromatic N) is 4. The fraction of sp³-hybridized carbons (Fsp3) is 0.643. The van der Waals surface area contributed by atoms with E-state index in [-0.39, 0.29) is 11.8 Å². The van der Waals surface area contributed by atoms with E-state index >= 15 is 0 Å². The van der Waals surface area contributed by atoms with Gasteiger partial charge < -0.3 is 9.80 Å². The Labute approximate surface area is 128 Å². The second kappa shape index (κ2) is 6.52. The van der Waals surface area contributed by atoms with Crippen LogP contribution in [0.4, 0.5) is 5.82 Å². The van der Waals surface area contributed by atoms with Crippen molar-refractivity contribution in [3.05, 3.63) is 16.5 Å². The normalized spacial score (nSPS) is 14.9. The third-order valence-electron chi connectivity index (χ3n) is 3.44. The van der Waals surface area contributed by atoms with Crippen LogP contribution in [-0.2, 0) is 4.79 Å². The summed E-state index contributed by atoms with van der Waals surface area (Å²) in [7, 11) is 1.90. The Morgan fingerprint density at radius 3 is 2.65 bits per heavy atom. The van der Waals surface area contributed by atoms with Gasteiger partial charge in [0.25, 0.3) is 0 Å². The second-order valence-corrected chi connectivity index (χ2v) is 6.32. The molecule has 0 saturated carbocycles. The summed E-state index contributed by atoms with van der Waals surface area (Å²) < 4.78 is 0.756. The van der Waals surface area contributed by atoms with Crippen molar-refractivity contribution < 1.29 is 4.79 Å². The molecule has 1 aromatic rings. The van der Waals surface area contributed by atoms with E-state index in [4.69, 9.17) is 0 Å². The number of likely N-dealkylation sites (tertiary alicyclic amines) is 1. The minimum Gasteiger partial charge on any atom is -0.350 e.